The van der Waals surface area contributed by atoms with E-state index in [0.29, 0.717) is 11.4 Å². The molecule has 0 aliphatic rings. The van der Waals surface area contributed by atoms with Crippen LogP contribution < -0.4 is 5.73 Å². The predicted molar refractivity (Wildman–Crippen MR) is 67.1 cm³/mol. The Labute approximate surface area is 100 Å². The number of nitrogens with two attached hydrogens (primary N) is 1. The zero-order valence-corrected chi connectivity index (χ0v) is 9.94. The highest BCUT2D eigenvalue weighted by Crippen LogP contribution is 2.27. The molecule has 0 aliphatic heterocycles. The van der Waals surface area contributed by atoms with E-state index < -0.39 is 0 Å². The normalized spacial score (nSPS) is 10.2. The number of anilines is 1. The summed E-state index contributed by atoms with van der Waals surface area (Å²) in [7, 11) is 1.88. The second kappa shape index (κ2) is 4.30. The van der Waals surface area contributed by atoms with Crippen molar-refractivity contribution in [2.24, 2.45) is 7.05 Å². The van der Waals surface area contributed by atoms with Gasteiger partial charge in [0, 0.05) is 18.2 Å². The Morgan fingerprint density at radius 2 is 2.00 bits per heavy atom. The summed E-state index contributed by atoms with van der Waals surface area (Å²) in [5.74, 6) is 0.578. The van der Waals surface area contributed by atoms with E-state index in [9.17, 15) is 0 Å². The van der Waals surface area contributed by atoms with Crippen LogP contribution in [0.25, 0.3) is 11.3 Å². The molecule has 17 heavy (non-hydrogen) atoms. The highest BCUT2D eigenvalue weighted by molar-refractivity contribution is 5.69. The van der Waals surface area contributed by atoms with Gasteiger partial charge in [-0.2, -0.15) is 10.4 Å². The van der Waals surface area contributed by atoms with Crippen molar-refractivity contribution in [2.45, 2.75) is 13.3 Å². The van der Waals surface area contributed by atoms with Crippen LogP contribution in [0, 0.1) is 11.3 Å². The fourth-order valence-electron chi connectivity index (χ4n) is 2.00. The average Bonchev–Trinajstić information content (AvgIpc) is 2.63. The Balaban J connectivity index is 2.56. The van der Waals surface area contributed by atoms with Crippen molar-refractivity contribution >= 4 is 5.82 Å². The van der Waals surface area contributed by atoms with Gasteiger partial charge in [0.25, 0.3) is 0 Å². The lowest BCUT2D eigenvalue weighted by Crippen LogP contribution is -1.95. The average molecular weight is 226 g/mol. The Hall–Kier alpha value is -2.28. The Kier molecular flexibility index (Phi) is 2.84. The molecule has 2 aromatic rings. The lowest BCUT2D eigenvalue weighted by atomic mass is 10.0. The number of nitrogens with zero attached hydrogens (tertiary/aromatic N) is 3. The molecule has 0 saturated heterocycles. The van der Waals surface area contributed by atoms with Crippen molar-refractivity contribution < 1.29 is 0 Å². The summed E-state index contributed by atoms with van der Waals surface area (Å²) >= 11 is 0. The van der Waals surface area contributed by atoms with Crippen LogP contribution in [0.3, 0.4) is 0 Å². The zero-order valence-electron chi connectivity index (χ0n) is 9.94. The van der Waals surface area contributed by atoms with Gasteiger partial charge < -0.3 is 5.73 Å². The Morgan fingerprint density at radius 1 is 1.35 bits per heavy atom. The summed E-state index contributed by atoms with van der Waals surface area (Å²) in [5.41, 5.74) is 9.63. The minimum absolute atomic E-state index is 0.578. The molecule has 86 valence electrons. The first-order chi connectivity index (χ1) is 8.17. The van der Waals surface area contributed by atoms with Crippen LogP contribution >= 0.6 is 0 Å². The van der Waals surface area contributed by atoms with Gasteiger partial charge in [-0.05, 0) is 18.6 Å². The summed E-state index contributed by atoms with van der Waals surface area (Å²) in [6.07, 6.45) is 0.842. The number of benzene rings is 1. The van der Waals surface area contributed by atoms with Gasteiger partial charge >= 0.3 is 0 Å². The molecule has 0 bridgehead atoms. The maximum Gasteiger partial charge on any atom is 0.149 e. The van der Waals surface area contributed by atoms with Gasteiger partial charge in [0.05, 0.1) is 17.3 Å². The molecule has 0 spiro atoms. The minimum Gasteiger partial charge on any atom is -0.382 e. The van der Waals surface area contributed by atoms with E-state index in [2.05, 4.69) is 18.1 Å². The number of rotatable bonds is 2. The molecule has 2 N–H and O–H groups in total. The molecular weight excluding hydrogens is 212 g/mol. The molecule has 4 heteroatoms. The van der Waals surface area contributed by atoms with Gasteiger partial charge in [-0.1, -0.05) is 19.1 Å². The molecule has 0 aliphatic carbocycles. The van der Waals surface area contributed by atoms with Crippen LogP contribution in [-0.4, -0.2) is 9.78 Å². The molecule has 2 rings (SSSR count). The van der Waals surface area contributed by atoms with Crippen molar-refractivity contribution in [1.29, 1.82) is 5.26 Å². The van der Waals surface area contributed by atoms with E-state index in [-0.39, 0.29) is 0 Å². The van der Waals surface area contributed by atoms with E-state index in [1.807, 2.05) is 19.2 Å². The summed E-state index contributed by atoms with van der Waals surface area (Å²) in [5, 5.41) is 13.0. The van der Waals surface area contributed by atoms with E-state index in [4.69, 9.17) is 11.0 Å². The van der Waals surface area contributed by atoms with E-state index >= 15 is 0 Å². The van der Waals surface area contributed by atoms with Crippen molar-refractivity contribution in [3.63, 3.8) is 0 Å². The molecule has 1 aromatic carbocycles. The molecule has 1 aromatic heterocycles. The zero-order chi connectivity index (χ0) is 12.4. The Morgan fingerprint density at radius 3 is 2.53 bits per heavy atom. The van der Waals surface area contributed by atoms with E-state index in [1.165, 1.54) is 0 Å². The largest absolute Gasteiger partial charge is 0.382 e. The van der Waals surface area contributed by atoms with Crippen molar-refractivity contribution in [1.82, 2.24) is 9.78 Å². The SMILES string of the molecule is CCc1c(N)nn(C)c1-c1ccc(C#N)cc1. The first kappa shape index (κ1) is 11.2. The van der Waals surface area contributed by atoms with E-state index in [1.54, 1.807) is 16.8 Å². The van der Waals surface area contributed by atoms with Crippen LogP contribution in [-0.2, 0) is 13.5 Å². The quantitative estimate of drug-likeness (QED) is 0.852. The number of aryl methyl sites for hydroxylation is 1. The minimum atomic E-state index is 0.578. The molecule has 1 heterocycles. The lowest BCUT2D eigenvalue weighted by Gasteiger charge is -2.05. The highest BCUT2D eigenvalue weighted by Gasteiger charge is 2.13. The summed E-state index contributed by atoms with van der Waals surface area (Å²) < 4.78 is 1.79. The van der Waals surface area contributed by atoms with Crippen LogP contribution in [0.1, 0.15) is 18.1 Å². The van der Waals surface area contributed by atoms with Crippen molar-refractivity contribution in [3.8, 4) is 17.3 Å². The smallest absolute Gasteiger partial charge is 0.149 e. The van der Waals surface area contributed by atoms with Gasteiger partial charge in [-0.3, -0.25) is 4.68 Å². The second-order valence-corrected chi connectivity index (χ2v) is 3.88. The van der Waals surface area contributed by atoms with Crippen LogP contribution in [0.15, 0.2) is 24.3 Å². The molecule has 0 unspecified atom stereocenters. The van der Waals surface area contributed by atoms with Crippen molar-refractivity contribution in [3.05, 3.63) is 35.4 Å². The van der Waals surface area contributed by atoms with Crippen molar-refractivity contribution in [2.75, 3.05) is 5.73 Å². The molecule has 4 nitrogen and oxygen atoms in total. The van der Waals surface area contributed by atoms with Gasteiger partial charge in [0.15, 0.2) is 0 Å². The summed E-state index contributed by atoms with van der Waals surface area (Å²) in [4.78, 5) is 0. The number of aromatic nitrogens is 2. The molecule has 0 amide bonds. The van der Waals surface area contributed by atoms with Gasteiger partial charge in [-0.25, -0.2) is 0 Å². The number of hydrogen-bond donors (Lipinski definition) is 1. The number of hydrogen-bond acceptors (Lipinski definition) is 3. The Bertz CT molecular complexity index is 573. The first-order valence-corrected chi connectivity index (χ1v) is 5.49. The van der Waals surface area contributed by atoms with Crippen LogP contribution in [0.2, 0.25) is 0 Å². The second-order valence-electron chi connectivity index (χ2n) is 3.88. The monoisotopic (exact) mass is 226 g/mol. The summed E-state index contributed by atoms with van der Waals surface area (Å²) in [6.45, 7) is 2.06. The predicted octanol–water partition coefficient (Wildman–Crippen LogP) is 2.10. The third kappa shape index (κ3) is 1.87. The third-order valence-electron chi connectivity index (χ3n) is 2.82. The molecule has 0 saturated carbocycles. The maximum absolute atomic E-state index is 8.77. The van der Waals surface area contributed by atoms with Gasteiger partial charge in [0.1, 0.15) is 5.82 Å². The molecular formula is C13H14N4. The highest BCUT2D eigenvalue weighted by atomic mass is 15.3. The number of nitrogen functional groups attached to an aromatic ring is 1. The molecule has 0 atom stereocenters. The fraction of sp³-hybridized carbons (Fsp3) is 0.231. The topological polar surface area (TPSA) is 67.6 Å². The standard InChI is InChI=1S/C13H14N4/c1-3-11-12(17(2)16-13(11)15)10-6-4-9(8-14)5-7-10/h4-7H,3H2,1-2H3,(H2,15,16). The third-order valence-corrected chi connectivity index (χ3v) is 2.82. The van der Waals surface area contributed by atoms with E-state index in [0.717, 1.165) is 23.2 Å². The van der Waals surface area contributed by atoms with Crippen LogP contribution in [0.5, 0.6) is 0 Å². The van der Waals surface area contributed by atoms with Gasteiger partial charge in [-0.15, -0.1) is 0 Å². The maximum atomic E-state index is 8.77. The number of nitriles is 1. The fourth-order valence-corrected chi connectivity index (χ4v) is 2.00. The van der Waals surface area contributed by atoms with Gasteiger partial charge in [0.2, 0.25) is 0 Å². The first-order valence-electron chi connectivity index (χ1n) is 5.49. The summed E-state index contributed by atoms with van der Waals surface area (Å²) in [6, 6.07) is 9.56. The van der Waals surface area contributed by atoms with Crippen LogP contribution in [0.4, 0.5) is 5.82 Å². The lowest BCUT2D eigenvalue weighted by molar-refractivity contribution is 0.779. The molecule has 0 radical (unpaired) electrons. The molecule has 0 fully saturated rings.